The standard InChI is InChI=1S/C75H54N2/c1-47-21-5-9-25-55(47)71-63-31-15-19-35-69(63)76(73(71)57-27-11-7-23-49(57)3)53-40-37-51(38-41-53)52-39-43-61-62-44-42-54(46-68(62)75(67(61)45-52)65-33-17-13-29-59(65)60-30-14-18-34-66(60)75)77-70-36-20-16-32-64(70)72(56-26-10-6-22-48(56)2)74(77)58-28-12-8-24-50(58)4/h5-46H,1-4H3. The molecule has 0 atom stereocenters. The highest BCUT2D eigenvalue weighted by Gasteiger charge is 2.52. The maximum absolute atomic E-state index is 2.55. The summed E-state index contributed by atoms with van der Waals surface area (Å²) in [6.07, 6.45) is 0. The van der Waals surface area contributed by atoms with Gasteiger partial charge in [0.1, 0.15) is 0 Å². The highest BCUT2D eigenvalue weighted by atomic mass is 15.0. The number of aryl methyl sites for hydroxylation is 4. The number of aromatic nitrogens is 2. The van der Waals surface area contributed by atoms with E-state index in [9.17, 15) is 0 Å². The number of para-hydroxylation sites is 2. The van der Waals surface area contributed by atoms with Crippen molar-refractivity contribution in [2.24, 2.45) is 0 Å². The van der Waals surface area contributed by atoms with Crippen LogP contribution in [0.2, 0.25) is 0 Å². The lowest BCUT2D eigenvalue weighted by atomic mass is 9.70. The Labute approximate surface area is 450 Å². The Balaban J connectivity index is 0.939. The molecule has 13 aromatic rings. The first-order chi connectivity index (χ1) is 37.9. The molecule has 2 nitrogen and oxygen atoms in total. The van der Waals surface area contributed by atoms with Crippen LogP contribution in [-0.4, -0.2) is 9.13 Å². The highest BCUT2D eigenvalue weighted by Crippen LogP contribution is 2.63. The van der Waals surface area contributed by atoms with Gasteiger partial charge in [0.25, 0.3) is 0 Å². The van der Waals surface area contributed by atoms with Gasteiger partial charge in [0.05, 0.1) is 27.8 Å². The van der Waals surface area contributed by atoms with E-state index in [0.717, 1.165) is 11.4 Å². The molecule has 0 radical (unpaired) electrons. The Kier molecular flexibility index (Phi) is 10.1. The third-order valence-corrected chi connectivity index (χ3v) is 17.2. The molecular formula is C75H54N2. The minimum Gasteiger partial charge on any atom is -0.309 e. The second kappa shape index (κ2) is 17.3. The van der Waals surface area contributed by atoms with Crippen molar-refractivity contribution < 1.29 is 0 Å². The van der Waals surface area contributed by atoms with Crippen LogP contribution in [-0.2, 0) is 5.41 Å². The molecule has 2 aliphatic carbocycles. The van der Waals surface area contributed by atoms with Gasteiger partial charge in [0.15, 0.2) is 0 Å². The molecule has 2 aliphatic rings. The van der Waals surface area contributed by atoms with E-state index in [4.69, 9.17) is 0 Å². The quantitative estimate of drug-likeness (QED) is 0.151. The molecule has 0 unspecified atom stereocenters. The zero-order valence-corrected chi connectivity index (χ0v) is 43.6. The Morgan fingerprint density at radius 2 is 0.610 bits per heavy atom. The van der Waals surface area contributed by atoms with Crippen molar-refractivity contribution in [3.63, 3.8) is 0 Å². The van der Waals surface area contributed by atoms with E-state index >= 15 is 0 Å². The highest BCUT2D eigenvalue weighted by molar-refractivity contribution is 6.08. The molecule has 11 aromatic carbocycles. The first-order valence-corrected chi connectivity index (χ1v) is 27.0. The van der Waals surface area contributed by atoms with Crippen LogP contribution >= 0.6 is 0 Å². The molecule has 0 amide bonds. The van der Waals surface area contributed by atoms with Gasteiger partial charge in [-0.2, -0.15) is 0 Å². The smallest absolute Gasteiger partial charge is 0.0726 e. The summed E-state index contributed by atoms with van der Waals surface area (Å²) in [6.45, 7) is 8.95. The Hall–Kier alpha value is -9.50. The predicted molar refractivity (Wildman–Crippen MR) is 323 cm³/mol. The summed E-state index contributed by atoms with van der Waals surface area (Å²) in [6, 6.07) is 95.6. The summed E-state index contributed by atoms with van der Waals surface area (Å²) in [5.41, 5.74) is 31.9. The van der Waals surface area contributed by atoms with E-state index in [0.29, 0.717) is 0 Å². The van der Waals surface area contributed by atoms with Gasteiger partial charge in [0.2, 0.25) is 0 Å². The van der Waals surface area contributed by atoms with Crippen molar-refractivity contribution in [1.29, 1.82) is 0 Å². The molecule has 364 valence electrons. The maximum Gasteiger partial charge on any atom is 0.0726 e. The molecule has 15 rings (SSSR count). The third kappa shape index (κ3) is 6.49. The average molecular weight is 983 g/mol. The summed E-state index contributed by atoms with van der Waals surface area (Å²) >= 11 is 0. The van der Waals surface area contributed by atoms with Gasteiger partial charge in [-0.15, -0.1) is 0 Å². The van der Waals surface area contributed by atoms with E-state index in [1.54, 1.807) is 0 Å². The van der Waals surface area contributed by atoms with E-state index in [-0.39, 0.29) is 0 Å². The van der Waals surface area contributed by atoms with Crippen LogP contribution in [0.1, 0.15) is 44.5 Å². The number of nitrogens with zero attached hydrogens (tertiary/aromatic N) is 2. The van der Waals surface area contributed by atoms with Gasteiger partial charge in [-0.1, -0.05) is 212 Å². The summed E-state index contributed by atoms with van der Waals surface area (Å²) in [5, 5.41) is 2.49. The Bertz CT molecular complexity index is 4510. The molecule has 0 saturated heterocycles. The molecule has 0 fully saturated rings. The molecule has 77 heavy (non-hydrogen) atoms. The number of rotatable bonds is 7. The molecule has 2 heteroatoms. The molecule has 2 heterocycles. The lowest BCUT2D eigenvalue weighted by Gasteiger charge is -2.31. The predicted octanol–water partition coefficient (Wildman–Crippen LogP) is 19.5. The van der Waals surface area contributed by atoms with Gasteiger partial charge < -0.3 is 9.13 Å². The van der Waals surface area contributed by atoms with Crippen LogP contribution in [0, 0.1) is 27.7 Å². The molecule has 0 bridgehead atoms. The van der Waals surface area contributed by atoms with Crippen LogP contribution in [0.25, 0.3) is 111 Å². The van der Waals surface area contributed by atoms with Crippen LogP contribution < -0.4 is 0 Å². The van der Waals surface area contributed by atoms with Gasteiger partial charge in [-0.05, 0) is 159 Å². The van der Waals surface area contributed by atoms with Crippen molar-refractivity contribution in [2.75, 3.05) is 0 Å². The van der Waals surface area contributed by atoms with Crippen LogP contribution in [0.5, 0.6) is 0 Å². The number of hydrogen-bond donors (Lipinski definition) is 0. The van der Waals surface area contributed by atoms with Crippen molar-refractivity contribution in [1.82, 2.24) is 9.13 Å². The number of benzene rings is 11. The van der Waals surface area contributed by atoms with Gasteiger partial charge in [0, 0.05) is 44.4 Å². The van der Waals surface area contributed by atoms with Gasteiger partial charge in [-0.3, -0.25) is 0 Å². The third-order valence-electron chi connectivity index (χ3n) is 17.2. The number of hydrogen-bond acceptors (Lipinski definition) is 0. The van der Waals surface area contributed by atoms with Crippen LogP contribution in [0.3, 0.4) is 0 Å². The molecule has 1 spiro atoms. The lowest BCUT2D eigenvalue weighted by molar-refractivity contribution is 0.792. The first kappa shape index (κ1) is 44.9. The van der Waals surface area contributed by atoms with E-state index < -0.39 is 5.41 Å². The van der Waals surface area contributed by atoms with Crippen LogP contribution in [0.15, 0.2) is 255 Å². The summed E-state index contributed by atoms with van der Waals surface area (Å²) < 4.78 is 5.04. The first-order valence-electron chi connectivity index (χ1n) is 27.0. The Morgan fingerprint density at radius 3 is 1.10 bits per heavy atom. The second-order valence-corrected chi connectivity index (χ2v) is 21.3. The zero-order valence-electron chi connectivity index (χ0n) is 43.6. The average Bonchev–Trinajstić information content (AvgIpc) is 4.25. The maximum atomic E-state index is 2.55. The van der Waals surface area contributed by atoms with E-state index in [2.05, 4.69) is 292 Å². The van der Waals surface area contributed by atoms with E-state index in [1.807, 2.05) is 0 Å². The fraction of sp³-hybridized carbons (Fsp3) is 0.0667. The summed E-state index contributed by atoms with van der Waals surface area (Å²) in [7, 11) is 0. The zero-order chi connectivity index (χ0) is 51.5. The minimum atomic E-state index is -0.563. The van der Waals surface area contributed by atoms with Gasteiger partial charge >= 0.3 is 0 Å². The van der Waals surface area contributed by atoms with Crippen molar-refractivity contribution in [3.05, 3.63) is 299 Å². The normalized spacial score (nSPS) is 12.8. The van der Waals surface area contributed by atoms with E-state index in [1.165, 1.54) is 144 Å². The largest absolute Gasteiger partial charge is 0.309 e. The molecule has 2 aromatic heterocycles. The van der Waals surface area contributed by atoms with Gasteiger partial charge in [-0.25, -0.2) is 0 Å². The summed E-state index contributed by atoms with van der Waals surface area (Å²) in [5.74, 6) is 0. The minimum absolute atomic E-state index is 0.563. The molecule has 0 aliphatic heterocycles. The fourth-order valence-electron chi connectivity index (χ4n) is 13.7. The molecule has 0 N–H and O–H groups in total. The summed E-state index contributed by atoms with van der Waals surface area (Å²) in [4.78, 5) is 0. The lowest BCUT2D eigenvalue weighted by Crippen LogP contribution is -2.26. The molecule has 0 saturated carbocycles. The SMILES string of the molecule is Cc1ccccc1-c1c(-c2ccccc2C)n(-c2ccc(-c3ccc4c(c3)C3(c5ccccc5-c5ccccc53)c3cc(-n5c(-c6ccccc6C)c(-c6ccccc6C)c6ccccc65)ccc3-4)cc2)c2ccccc12. The monoisotopic (exact) mass is 982 g/mol. The van der Waals surface area contributed by atoms with Crippen molar-refractivity contribution >= 4 is 21.8 Å². The van der Waals surface area contributed by atoms with Crippen molar-refractivity contribution in [3.8, 4) is 89.5 Å². The number of fused-ring (bicyclic) bond motifs is 12. The van der Waals surface area contributed by atoms with Crippen LogP contribution in [0.4, 0.5) is 0 Å². The molecular weight excluding hydrogens is 929 g/mol. The Morgan fingerprint density at radius 1 is 0.260 bits per heavy atom. The topological polar surface area (TPSA) is 9.86 Å². The fourth-order valence-corrected chi connectivity index (χ4v) is 13.7. The second-order valence-electron chi connectivity index (χ2n) is 21.3. The van der Waals surface area contributed by atoms with Crippen molar-refractivity contribution in [2.45, 2.75) is 33.1 Å².